The molecule has 0 aliphatic carbocycles. The highest BCUT2D eigenvalue weighted by Gasteiger charge is 2.08. The first kappa shape index (κ1) is 10.1. The Morgan fingerprint density at radius 1 is 1.42 bits per heavy atom. The van der Waals surface area contributed by atoms with Gasteiger partial charge in [-0.2, -0.15) is 11.8 Å². The van der Waals surface area contributed by atoms with E-state index in [2.05, 4.69) is 30.2 Å². The van der Waals surface area contributed by atoms with Crippen LogP contribution in [0, 0.1) is 0 Å². The molecular formula is C10H19NS. The lowest BCUT2D eigenvalue weighted by Crippen LogP contribution is -2.27. The van der Waals surface area contributed by atoms with Crippen molar-refractivity contribution in [3.05, 3.63) is 12.2 Å². The molecule has 0 unspecified atom stereocenters. The first-order valence-corrected chi connectivity index (χ1v) is 5.95. The molecule has 12 heavy (non-hydrogen) atoms. The molecule has 0 N–H and O–H groups in total. The minimum Gasteiger partial charge on any atom is -0.299 e. The van der Waals surface area contributed by atoms with Crippen molar-refractivity contribution in [3.63, 3.8) is 0 Å². The summed E-state index contributed by atoms with van der Waals surface area (Å²) in [6, 6.07) is 0. The molecule has 1 aliphatic heterocycles. The van der Waals surface area contributed by atoms with Gasteiger partial charge in [-0.25, -0.2) is 0 Å². The SMILES string of the molecule is C=C(CC)CN1CCCSCC1. The van der Waals surface area contributed by atoms with Crippen LogP contribution in [0.3, 0.4) is 0 Å². The summed E-state index contributed by atoms with van der Waals surface area (Å²) in [6.07, 6.45) is 2.48. The fraction of sp³-hybridized carbons (Fsp3) is 0.800. The van der Waals surface area contributed by atoms with Crippen LogP contribution in [0.25, 0.3) is 0 Å². The molecule has 1 nitrogen and oxygen atoms in total. The van der Waals surface area contributed by atoms with E-state index in [4.69, 9.17) is 0 Å². The van der Waals surface area contributed by atoms with Gasteiger partial charge in [-0.1, -0.05) is 19.1 Å². The quantitative estimate of drug-likeness (QED) is 0.621. The van der Waals surface area contributed by atoms with Crippen LogP contribution in [0.5, 0.6) is 0 Å². The van der Waals surface area contributed by atoms with Crippen LogP contribution in [0.15, 0.2) is 12.2 Å². The van der Waals surface area contributed by atoms with Crippen LogP contribution in [0.4, 0.5) is 0 Å². The van der Waals surface area contributed by atoms with E-state index < -0.39 is 0 Å². The Morgan fingerprint density at radius 3 is 3.00 bits per heavy atom. The first-order chi connectivity index (χ1) is 5.83. The average Bonchev–Trinajstić information content (AvgIpc) is 2.33. The Kier molecular flexibility index (Phi) is 4.77. The predicted octanol–water partition coefficient (Wildman–Crippen LogP) is 2.39. The second-order valence-electron chi connectivity index (χ2n) is 3.35. The molecule has 1 aliphatic rings. The van der Waals surface area contributed by atoms with E-state index in [9.17, 15) is 0 Å². The van der Waals surface area contributed by atoms with E-state index in [0.717, 1.165) is 13.0 Å². The van der Waals surface area contributed by atoms with Gasteiger partial charge in [0.1, 0.15) is 0 Å². The molecule has 1 saturated heterocycles. The van der Waals surface area contributed by atoms with Crippen LogP contribution >= 0.6 is 11.8 Å². The van der Waals surface area contributed by atoms with Crippen molar-refractivity contribution in [1.82, 2.24) is 4.90 Å². The molecule has 0 spiro atoms. The molecule has 0 amide bonds. The van der Waals surface area contributed by atoms with E-state index in [-0.39, 0.29) is 0 Å². The summed E-state index contributed by atoms with van der Waals surface area (Å²) in [5.74, 6) is 2.64. The Labute approximate surface area is 80.2 Å². The van der Waals surface area contributed by atoms with Crippen molar-refractivity contribution < 1.29 is 0 Å². The Hall–Kier alpha value is 0.0500. The third-order valence-corrected chi connectivity index (χ3v) is 3.31. The van der Waals surface area contributed by atoms with Gasteiger partial charge in [0.25, 0.3) is 0 Å². The van der Waals surface area contributed by atoms with E-state index in [1.165, 1.54) is 36.6 Å². The van der Waals surface area contributed by atoms with Crippen LogP contribution in [0.2, 0.25) is 0 Å². The second kappa shape index (κ2) is 5.65. The van der Waals surface area contributed by atoms with Crippen molar-refractivity contribution in [3.8, 4) is 0 Å². The van der Waals surface area contributed by atoms with Gasteiger partial charge < -0.3 is 0 Å². The molecule has 1 rings (SSSR count). The smallest absolute Gasteiger partial charge is 0.0190 e. The maximum atomic E-state index is 4.05. The average molecular weight is 185 g/mol. The Morgan fingerprint density at radius 2 is 2.25 bits per heavy atom. The minimum absolute atomic E-state index is 1.12. The topological polar surface area (TPSA) is 3.24 Å². The normalized spacial score (nSPS) is 20.4. The third-order valence-electron chi connectivity index (χ3n) is 2.26. The summed E-state index contributed by atoms with van der Waals surface area (Å²) in [5.41, 5.74) is 1.38. The molecule has 1 fully saturated rings. The summed E-state index contributed by atoms with van der Waals surface area (Å²) in [6.45, 7) is 9.88. The van der Waals surface area contributed by atoms with Crippen molar-refractivity contribution in [1.29, 1.82) is 0 Å². The van der Waals surface area contributed by atoms with Gasteiger partial charge in [0.05, 0.1) is 0 Å². The van der Waals surface area contributed by atoms with Crippen molar-refractivity contribution >= 4 is 11.8 Å². The van der Waals surface area contributed by atoms with Crippen LogP contribution < -0.4 is 0 Å². The Bertz CT molecular complexity index is 137. The lowest BCUT2D eigenvalue weighted by molar-refractivity contribution is 0.318. The van der Waals surface area contributed by atoms with Gasteiger partial charge in [0.15, 0.2) is 0 Å². The van der Waals surface area contributed by atoms with Crippen LogP contribution in [0.1, 0.15) is 19.8 Å². The summed E-state index contributed by atoms with van der Waals surface area (Å²) in [4.78, 5) is 2.53. The molecule has 0 atom stereocenters. The zero-order valence-electron chi connectivity index (χ0n) is 8.01. The summed E-state index contributed by atoms with van der Waals surface area (Å²) >= 11 is 2.08. The lowest BCUT2D eigenvalue weighted by atomic mass is 10.2. The van der Waals surface area contributed by atoms with Gasteiger partial charge in [-0.05, 0) is 25.1 Å². The fourth-order valence-corrected chi connectivity index (χ4v) is 2.31. The standard InChI is InChI=1S/C10H19NS/c1-3-10(2)9-11-5-4-7-12-8-6-11/h2-9H2,1H3. The molecule has 0 aromatic heterocycles. The van der Waals surface area contributed by atoms with Gasteiger partial charge in [-0.15, -0.1) is 0 Å². The second-order valence-corrected chi connectivity index (χ2v) is 4.57. The maximum absolute atomic E-state index is 4.05. The van der Waals surface area contributed by atoms with Gasteiger partial charge >= 0.3 is 0 Å². The van der Waals surface area contributed by atoms with Gasteiger partial charge in [0.2, 0.25) is 0 Å². The number of hydrogen-bond donors (Lipinski definition) is 0. The third kappa shape index (κ3) is 3.63. The Balaban J connectivity index is 2.24. The monoisotopic (exact) mass is 185 g/mol. The molecular weight excluding hydrogens is 166 g/mol. The zero-order valence-corrected chi connectivity index (χ0v) is 8.83. The van der Waals surface area contributed by atoms with Gasteiger partial charge in [-0.3, -0.25) is 4.90 Å². The van der Waals surface area contributed by atoms with Crippen molar-refractivity contribution in [2.45, 2.75) is 19.8 Å². The van der Waals surface area contributed by atoms with Crippen LogP contribution in [-0.4, -0.2) is 36.0 Å². The summed E-state index contributed by atoms with van der Waals surface area (Å²) in [7, 11) is 0. The number of thioether (sulfide) groups is 1. The zero-order chi connectivity index (χ0) is 8.81. The molecule has 70 valence electrons. The van der Waals surface area contributed by atoms with Gasteiger partial charge in [0, 0.05) is 18.8 Å². The van der Waals surface area contributed by atoms with Crippen molar-refractivity contribution in [2.24, 2.45) is 0 Å². The van der Waals surface area contributed by atoms with E-state index in [1.807, 2.05) is 0 Å². The van der Waals surface area contributed by atoms with Crippen molar-refractivity contribution in [2.75, 3.05) is 31.1 Å². The molecule has 2 heteroatoms. The molecule has 0 aromatic rings. The lowest BCUT2D eigenvalue weighted by Gasteiger charge is -2.19. The minimum atomic E-state index is 1.12. The number of nitrogens with zero attached hydrogens (tertiary/aromatic N) is 1. The highest BCUT2D eigenvalue weighted by molar-refractivity contribution is 7.99. The molecule has 0 aromatic carbocycles. The van der Waals surface area contributed by atoms with E-state index >= 15 is 0 Å². The molecule has 0 radical (unpaired) electrons. The largest absolute Gasteiger partial charge is 0.299 e. The molecule has 0 saturated carbocycles. The van der Waals surface area contributed by atoms with Crippen LogP contribution in [-0.2, 0) is 0 Å². The molecule has 1 heterocycles. The molecule has 0 bridgehead atoms. The first-order valence-electron chi connectivity index (χ1n) is 4.79. The summed E-state index contributed by atoms with van der Waals surface area (Å²) in [5, 5.41) is 0. The maximum Gasteiger partial charge on any atom is 0.0190 e. The summed E-state index contributed by atoms with van der Waals surface area (Å²) < 4.78 is 0. The predicted molar refractivity (Wildman–Crippen MR) is 57.8 cm³/mol. The van der Waals surface area contributed by atoms with E-state index in [0.29, 0.717) is 0 Å². The number of rotatable bonds is 3. The van der Waals surface area contributed by atoms with E-state index in [1.54, 1.807) is 0 Å². The number of hydrogen-bond acceptors (Lipinski definition) is 2. The fourth-order valence-electron chi connectivity index (χ4n) is 1.38. The highest BCUT2D eigenvalue weighted by Crippen LogP contribution is 2.11. The highest BCUT2D eigenvalue weighted by atomic mass is 32.2.